The molecule has 5 rings (SSSR count). The first-order chi connectivity index (χ1) is 17.7. The number of fused-ring (bicyclic) bond motifs is 1. The molecule has 0 radical (unpaired) electrons. The molecule has 0 amide bonds. The zero-order chi connectivity index (χ0) is 24.7. The second-order valence-corrected chi connectivity index (χ2v) is 9.65. The second-order valence-electron chi connectivity index (χ2n) is 9.65. The van der Waals surface area contributed by atoms with Crippen LogP contribution in [0.4, 0.5) is 0 Å². The summed E-state index contributed by atoms with van der Waals surface area (Å²) in [7, 11) is 0. The lowest BCUT2D eigenvalue weighted by Gasteiger charge is -2.15. The van der Waals surface area contributed by atoms with E-state index in [1.165, 1.54) is 42.4 Å². The molecule has 36 heavy (non-hydrogen) atoms. The lowest BCUT2D eigenvalue weighted by molar-refractivity contribution is -0.136. The number of carbonyl (C=O) groups is 1. The molecule has 2 heterocycles. The fourth-order valence-corrected chi connectivity index (χ4v) is 5.09. The van der Waals surface area contributed by atoms with E-state index in [1.54, 1.807) is 0 Å². The Hall–Kier alpha value is -3.57. The predicted molar refractivity (Wildman–Crippen MR) is 144 cm³/mol. The summed E-state index contributed by atoms with van der Waals surface area (Å²) in [5.41, 5.74) is 5.88. The molecular formula is C31H34N2O3. The van der Waals surface area contributed by atoms with E-state index in [0.29, 0.717) is 13.0 Å². The normalized spacial score (nSPS) is 13.9. The fraction of sp³-hybridized carbons (Fsp3) is 0.323. The monoisotopic (exact) mass is 482 g/mol. The Morgan fingerprint density at radius 2 is 1.64 bits per heavy atom. The van der Waals surface area contributed by atoms with Gasteiger partial charge in [0.15, 0.2) is 0 Å². The van der Waals surface area contributed by atoms with Crippen LogP contribution < -0.4 is 4.74 Å². The third kappa shape index (κ3) is 5.97. The number of carboxylic acids is 1. The van der Waals surface area contributed by atoms with Crippen LogP contribution in [0.5, 0.6) is 5.75 Å². The number of nitrogens with zero attached hydrogens (tertiary/aromatic N) is 2. The van der Waals surface area contributed by atoms with E-state index in [1.807, 2.05) is 6.07 Å². The molecule has 0 saturated carbocycles. The highest BCUT2D eigenvalue weighted by Gasteiger charge is 2.13. The van der Waals surface area contributed by atoms with E-state index in [4.69, 9.17) is 9.84 Å². The number of aryl methyl sites for hydroxylation is 3. The van der Waals surface area contributed by atoms with E-state index in [2.05, 4.69) is 82.4 Å². The first-order valence-electron chi connectivity index (χ1n) is 13.0. The summed E-state index contributed by atoms with van der Waals surface area (Å²) in [5, 5.41) is 10.3. The second kappa shape index (κ2) is 11.4. The summed E-state index contributed by atoms with van der Waals surface area (Å²) in [4.78, 5) is 13.6. The zero-order valence-corrected chi connectivity index (χ0v) is 20.7. The average molecular weight is 483 g/mol. The van der Waals surface area contributed by atoms with Crippen LogP contribution in [0.2, 0.25) is 0 Å². The molecule has 1 fully saturated rings. The number of aliphatic carboxylic acids is 1. The van der Waals surface area contributed by atoms with Gasteiger partial charge in [-0.1, -0.05) is 36.4 Å². The Balaban J connectivity index is 1.36. The van der Waals surface area contributed by atoms with Gasteiger partial charge in [-0.2, -0.15) is 0 Å². The summed E-state index contributed by atoms with van der Waals surface area (Å²) in [5.74, 6) is 0.134. The quantitative estimate of drug-likeness (QED) is 0.289. The van der Waals surface area contributed by atoms with E-state index >= 15 is 0 Å². The standard InChI is InChI=1S/C31H34N2O3/c34-31(35)17-10-25-9-16-30-29(22-25)26(11-8-24-6-2-1-3-7-24)23-33(30)27-12-14-28(15-13-27)36-21-20-32-18-4-5-19-32/h1-3,6-7,9,12-16,22-23H,4-5,8,10-11,17-21H2,(H,34,35). The third-order valence-electron chi connectivity index (χ3n) is 7.09. The molecule has 3 aromatic carbocycles. The minimum atomic E-state index is -0.764. The summed E-state index contributed by atoms with van der Waals surface area (Å²) >= 11 is 0. The van der Waals surface area contributed by atoms with Gasteiger partial charge in [0, 0.05) is 30.2 Å². The van der Waals surface area contributed by atoms with Crippen molar-refractivity contribution < 1.29 is 14.6 Å². The molecule has 0 atom stereocenters. The van der Waals surface area contributed by atoms with Crippen LogP contribution in [-0.2, 0) is 24.1 Å². The first-order valence-corrected chi connectivity index (χ1v) is 13.0. The summed E-state index contributed by atoms with van der Waals surface area (Å²) in [6, 6.07) is 25.2. The van der Waals surface area contributed by atoms with Gasteiger partial charge < -0.3 is 14.4 Å². The van der Waals surface area contributed by atoms with Gasteiger partial charge in [-0.05, 0) is 98.3 Å². The number of ether oxygens (including phenoxy) is 1. The number of rotatable bonds is 11. The number of aromatic nitrogens is 1. The van der Waals surface area contributed by atoms with Crippen LogP contribution in [0.15, 0.2) is 79.0 Å². The van der Waals surface area contributed by atoms with Crippen molar-refractivity contribution in [3.05, 3.63) is 95.7 Å². The van der Waals surface area contributed by atoms with Crippen molar-refractivity contribution in [3.8, 4) is 11.4 Å². The van der Waals surface area contributed by atoms with E-state index in [-0.39, 0.29) is 6.42 Å². The van der Waals surface area contributed by atoms with Crippen molar-refractivity contribution in [2.45, 2.75) is 38.5 Å². The van der Waals surface area contributed by atoms with E-state index < -0.39 is 5.97 Å². The van der Waals surface area contributed by atoms with Gasteiger partial charge in [0.05, 0.1) is 5.52 Å². The van der Waals surface area contributed by atoms with Gasteiger partial charge in [0.2, 0.25) is 0 Å². The molecule has 5 nitrogen and oxygen atoms in total. The molecule has 0 spiro atoms. The Morgan fingerprint density at radius 1 is 0.861 bits per heavy atom. The molecule has 0 aliphatic carbocycles. The van der Waals surface area contributed by atoms with Crippen molar-refractivity contribution in [2.24, 2.45) is 0 Å². The third-order valence-corrected chi connectivity index (χ3v) is 7.09. The van der Waals surface area contributed by atoms with Crippen molar-refractivity contribution in [2.75, 3.05) is 26.2 Å². The van der Waals surface area contributed by atoms with E-state index in [9.17, 15) is 4.79 Å². The molecule has 1 aliphatic heterocycles. The van der Waals surface area contributed by atoms with Gasteiger partial charge in [-0.15, -0.1) is 0 Å². The molecule has 0 bridgehead atoms. The molecule has 0 unspecified atom stereocenters. The predicted octanol–water partition coefficient (Wildman–Crippen LogP) is 5.91. The topological polar surface area (TPSA) is 54.7 Å². The number of hydrogen-bond donors (Lipinski definition) is 1. The van der Waals surface area contributed by atoms with Crippen LogP contribution in [0.3, 0.4) is 0 Å². The van der Waals surface area contributed by atoms with E-state index in [0.717, 1.165) is 41.9 Å². The number of hydrogen-bond acceptors (Lipinski definition) is 3. The maximum atomic E-state index is 11.1. The van der Waals surface area contributed by atoms with Gasteiger partial charge in [-0.25, -0.2) is 0 Å². The molecule has 1 aliphatic rings. The maximum Gasteiger partial charge on any atom is 0.303 e. The van der Waals surface area contributed by atoms with Gasteiger partial charge in [-0.3, -0.25) is 9.69 Å². The molecular weight excluding hydrogens is 448 g/mol. The van der Waals surface area contributed by atoms with Crippen molar-refractivity contribution >= 4 is 16.9 Å². The highest BCUT2D eigenvalue weighted by atomic mass is 16.5. The Morgan fingerprint density at radius 3 is 2.39 bits per heavy atom. The van der Waals surface area contributed by atoms with Crippen molar-refractivity contribution in [3.63, 3.8) is 0 Å². The van der Waals surface area contributed by atoms with Crippen LogP contribution in [0.1, 0.15) is 36.0 Å². The minimum Gasteiger partial charge on any atom is -0.492 e. The van der Waals surface area contributed by atoms with Crippen LogP contribution >= 0.6 is 0 Å². The van der Waals surface area contributed by atoms with Crippen LogP contribution in [0, 0.1) is 0 Å². The molecule has 186 valence electrons. The SMILES string of the molecule is O=C(O)CCc1ccc2c(c1)c(CCc1ccccc1)cn2-c1ccc(OCCN2CCCC2)cc1. The number of likely N-dealkylation sites (tertiary alicyclic amines) is 1. The Bertz CT molecular complexity index is 1290. The molecule has 4 aromatic rings. The lowest BCUT2D eigenvalue weighted by Crippen LogP contribution is -2.25. The first kappa shape index (κ1) is 24.1. The maximum absolute atomic E-state index is 11.1. The summed E-state index contributed by atoms with van der Waals surface area (Å²) < 4.78 is 8.24. The molecule has 1 N–H and O–H groups in total. The van der Waals surface area contributed by atoms with Gasteiger partial charge in [0.1, 0.15) is 12.4 Å². The molecule has 1 aromatic heterocycles. The summed E-state index contributed by atoms with van der Waals surface area (Å²) in [6.07, 6.45) is 7.40. The van der Waals surface area contributed by atoms with Crippen molar-refractivity contribution in [1.29, 1.82) is 0 Å². The number of carboxylic acid groups (broad SMARTS) is 1. The highest BCUT2D eigenvalue weighted by molar-refractivity contribution is 5.86. The highest BCUT2D eigenvalue weighted by Crippen LogP contribution is 2.28. The smallest absolute Gasteiger partial charge is 0.303 e. The molecule has 1 saturated heterocycles. The largest absolute Gasteiger partial charge is 0.492 e. The average Bonchev–Trinajstić information content (AvgIpc) is 3.55. The lowest BCUT2D eigenvalue weighted by atomic mass is 10.0. The zero-order valence-electron chi connectivity index (χ0n) is 20.7. The van der Waals surface area contributed by atoms with Crippen LogP contribution in [-0.4, -0.2) is 46.8 Å². The number of benzene rings is 3. The minimum absolute atomic E-state index is 0.144. The van der Waals surface area contributed by atoms with Gasteiger partial charge >= 0.3 is 5.97 Å². The van der Waals surface area contributed by atoms with Crippen LogP contribution in [0.25, 0.3) is 16.6 Å². The summed E-state index contributed by atoms with van der Waals surface area (Å²) in [6.45, 7) is 4.08. The Labute approximate surface area is 212 Å². The van der Waals surface area contributed by atoms with Gasteiger partial charge in [0.25, 0.3) is 0 Å². The fourth-order valence-electron chi connectivity index (χ4n) is 5.09. The molecule has 5 heteroatoms. The Kier molecular flexibility index (Phi) is 7.67. The van der Waals surface area contributed by atoms with Crippen molar-refractivity contribution in [1.82, 2.24) is 9.47 Å².